The van der Waals surface area contributed by atoms with Crippen LogP contribution in [-0.2, 0) is 4.79 Å². The fraction of sp³-hybridized carbons (Fsp3) is 0.611. The van der Waals surface area contributed by atoms with Crippen LogP contribution in [0.5, 0.6) is 0 Å². The standard InChI is InChI=1S/C18H29N3O.2ClH/c1-14(13-21-10-6-7-11-21)12-20-18(22)15(2)17(19)16-8-4-3-5-9-16;;/h3-5,8-9,14-15,17H,6-7,10-13,19H2,1-2H3,(H,20,22);2*1H. The third kappa shape index (κ3) is 6.98. The number of rotatable bonds is 7. The normalized spacial score (nSPS) is 18.0. The third-order valence-electron chi connectivity index (χ3n) is 4.53. The molecule has 1 aliphatic rings. The van der Waals surface area contributed by atoms with Gasteiger partial charge in [0.2, 0.25) is 5.91 Å². The minimum atomic E-state index is -0.255. The van der Waals surface area contributed by atoms with Crippen molar-refractivity contribution in [3.05, 3.63) is 35.9 Å². The Balaban J connectivity index is 0.00000264. The first-order valence-electron chi connectivity index (χ1n) is 8.38. The van der Waals surface area contributed by atoms with E-state index in [2.05, 4.69) is 17.1 Å². The Kier molecular flexibility index (Phi) is 11.3. The lowest BCUT2D eigenvalue weighted by molar-refractivity contribution is -0.125. The van der Waals surface area contributed by atoms with E-state index in [1.807, 2.05) is 37.3 Å². The Morgan fingerprint density at radius 1 is 1.17 bits per heavy atom. The van der Waals surface area contributed by atoms with E-state index in [0.29, 0.717) is 5.92 Å². The number of likely N-dealkylation sites (tertiary alicyclic amines) is 1. The van der Waals surface area contributed by atoms with E-state index in [4.69, 9.17) is 5.73 Å². The van der Waals surface area contributed by atoms with E-state index < -0.39 is 0 Å². The van der Waals surface area contributed by atoms with Gasteiger partial charge in [-0.2, -0.15) is 0 Å². The van der Waals surface area contributed by atoms with Crippen LogP contribution in [-0.4, -0.2) is 37.0 Å². The second kappa shape index (κ2) is 11.7. The molecule has 1 aliphatic heterocycles. The van der Waals surface area contributed by atoms with Crippen molar-refractivity contribution in [2.45, 2.75) is 32.7 Å². The van der Waals surface area contributed by atoms with Crippen LogP contribution < -0.4 is 11.1 Å². The molecule has 1 heterocycles. The van der Waals surface area contributed by atoms with Crippen LogP contribution in [0.2, 0.25) is 0 Å². The van der Waals surface area contributed by atoms with E-state index in [1.165, 1.54) is 25.9 Å². The molecule has 3 N–H and O–H groups in total. The number of carbonyl (C=O) groups excluding carboxylic acids is 1. The minimum absolute atomic E-state index is 0. The molecule has 1 amide bonds. The van der Waals surface area contributed by atoms with E-state index in [-0.39, 0.29) is 42.7 Å². The van der Waals surface area contributed by atoms with Gasteiger partial charge in [0.25, 0.3) is 0 Å². The fourth-order valence-corrected chi connectivity index (χ4v) is 3.03. The van der Waals surface area contributed by atoms with Crippen molar-refractivity contribution in [3.8, 4) is 0 Å². The van der Waals surface area contributed by atoms with Gasteiger partial charge in [-0.1, -0.05) is 44.2 Å². The molecule has 1 aromatic carbocycles. The summed E-state index contributed by atoms with van der Waals surface area (Å²) in [4.78, 5) is 14.8. The van der Waals surface area contributed by atoms with Gasteiger partial charge in [0.1, 0.15) is 0 Å². The van der Waals surface area contributed by atoms with Crippen LogP contribution >= 0.6 is 24.8 Å². The Hall–Kier alpha value is -0.810. The van der Waals surface area contributed by atoms with Crippen LogP contribution in [0, 0.1) is 11.8 Å². The predicted octanol–water partition coefficient (Wildman–Crippen LogP) is 3.01. The molecule has 1 saturated heterocycles. The molecular weight excluding hydrogens is 345 g/mol. The van der Waals surface area contributed by atoms with Crippen LogP contribution in [0.1, 0.15) is 38.3 Å². The van der Waals surface area contributed by atoms with Gasteiger partial charge in [-0.15, -0.1) is 24.8 Å². The predicted molar refractivity (Wildman–Crippen MR) is 105 cm³/mol. The zero-order valence-corrected chi connectivity index (χ0v) is 16.2. The molecule has 4 nitrogen and oxygen atoms in total. The summed E-state index contributed by atoms with van der Waals surface area (Å²) in [5, 5.41) is 3.06. The van der Waals surface area contributed by atoms with E-state index in [9.17, 15) is 4.79 Å². The highest BCUT2D eigenvalue weighted by molar-refractivity contribution is 5.85. The molecule has 0 spiro atoms. The molecule has 2 rings (SSSR count). The van der Waals surface area contributed by atoms with E-state index in [0.717, 1.165) is 18.7 Å². The zero-order valence-electron chi connectivity index (χ0n) is 14.6. The van der Waals surface area contributed by atoms with Crippen molar-refractivity contribution in [2.75, 3.05) is 26.2 Å². The number of benzene rings is 1. The van der Waals surface area contributed by atoms with Crippen LogP contribution in [0.3, 0.4) is 0 Å². The highest BCUT2D eigenvalue weighted by Crippen LogP contribution is 2.19. The lowest BCUT2D eigenvalue weighted by Gasteiger charge is -2.23. The summed E-state index contributed by atoms with van der Waals surface area (Å²) >= 11 is 0. The number of nitrogens with two attached hydrogens (primary N) is 1. The van der Waals surface area contributed by atoms with Crippen molar-refractivity contribution < 1.29 is 4.79 Å². The average molecular weight is 376 g/mol. The third-order valence-corrected chi connectivity index (χ3v) is 4.53. The molecule has 3 unspecified atom stereocenters. The summed E-state index contributed by atoms with van der Waals surface area (Å²) in [6.45, 7) is 8.29. The number of nitrogens with zero attached hydrogens (tertiary/aromatic N) is 1. The maximum Gasteiger partial charge on any atom is 0.224 e. The van der Waals surface area contributed by atoms with Gasteiger partial charge in [0.15, 0.2) is 0 Å². The number of hydrogen-bond acceptors (Lipinski definition) is 3. The monoisotopic (exact) mass is 375 g/mol. The number of amides is 1. The van der Waals surface area contributed by atoms with Crippen molar-refractivity contribution in [1.82, 2.24) is 10.2 Å². The largest absolute Gasteiger partial charge is 0.355 e. The molecular formula is C18H31Cl2N3O. The lowest BCUT2D eigenvalue weighted by Crippen LogP contribution is -2.39. The molecule has 1 aromatic rings. The number of halogens is 2. The van der Waals surface area contributed by atoms with Gasteiger partial charge in [0, 0.05) is 19.1 Å². The molecule has 0 aliphatic carbocycles. The first-order chi connectivity index (χ1) is 10.6. The highest BCUT2D eigenvalue weighted by Gasteiger charge is 2.22. The number of nitrogens with one attached hydrogen (secondary N) is 1. The molecule has 0 aromatic heterocycles. The average Bonchev–Trinajstić information content (AvgIpc) is 3.05. The summed E-state index contributed by atoms with van der Waals surface area (Å²) in [6.07, 6.45) is 2.62. The van der Waals surface area contributed by atoms with E-state index in [1.54, 1.807) is 0 Å². The van der Waals surface area contributed by atoms with Crippen molar-refractivity contribution in [2.24, 2.45) is 17.6 Å². The van der Waals surface area contributed by atoms with Gasteiger partial charge in [-0.05, 0) is 37.4 Å². The fourth-order valence-electron chi connectivity index (χ4n) is 3.03. The number of hydrogen-bond donors (Lipinski definition) is 2. The highest BCUT2D eigenvalue weighted by atomic mass is 35.5. The van der Waals surface area contributed by atoms with Gasteiger partial charge in [0.05, 0.1) is 5.92 Å². The van der Waals surface area contributed by atoms with Crippen LogP contribution in [0.4, 0.5) is 0 Å². The quantitative estimate of drug-likeness (QED) is 0.769. The molecule has 24 heavy (non-hydrogen) atoms. The summed E-state index contributed by atoms with van der Waals surface area (Å²) in [7, 11) is 0. The van der Waals surface area contributed by atoms with Gasteiger partial charge in [-0.3, -0.25) is 4.79 Å². The summed E-state index contributed by atoms with van der Waals surface area (Å²) in [5.74, 6) is 0.299. The second-order valence-corrected chi connectivity index (χ2v) is 6.58. The van der Waals surface area contributed by atoms with Gasteiger partial charge < -0.3 is 16.0 Å². The SMILES string of the molecule is CC(CNC(=O)C(C)C(N)c1ccccc1)CN1CCCC1.Cl.Cl. The Bertz CT molecular complexity index is 467. The molecule has 0 radical (unpaired) electrons. The number of carbonyl (C=O) groups is 1. The summed E-state index contributed by atoms with van der Waals surface area (Å²) in [5.41, 5.74) is 7.22. The van der Waals surface area contributed by atoms with Gasteiger partial charge >= 0.3 is 0 Å². The summed E-state index contributed by atoms with van der Waals surface area (Å²) < 4.78 is 0. The first kappa shape index (κ1) is 23.2. The molecule has 6 heteroatoms. The van der Waals surface area contributed by atoms with Gasteiger partial charge in [-0.25, -0.2) is 0 Å². The molecule has 1 fully saturated rings. The maximum atomic E-state index is 12.3. The zero-order chi connectivity index (χ0) is 15.9. The smallest absolute Gasteiger partial charge is 0.224 e. The molecule has 0 bridgehead atoms. The Labute approximate surface area is 158 Å². The maximum absolute atomic E-state index is 12.3. The van der Waals surface area contributed by atoms with Crippen molar-refractivity contribution in [3.63, 3.8) is 0 Å². The molecule has 138 valence electrons. The molecule has 3 atom stereocenters. The lowest BCUT2D eigenvalue weighted by atomic mass is 9.94. The van der Waals surface area contributed by atoms with E-state index >= 15 is 0 Å². The summed E-state index contributed by atoms with van der Waals surface area (Å²) in [6, 6.07) is 9.57. The molecule has 0 saturated carbocycles. The van der Waals surface area contributed by atoms with Crippen LogP contribution in [0.15, 0.2) is 30.3 Å². The van der Waals surface area contributed by atoms with Crippen molar-refractivity contribution >= 4 is 30.7 Å². The first-order valence-corrected chi connectivity index (χ1v) is 8.38. The Morgan fingerprint density at radius 3 is 2.33 bits per heavy atom. The Morgan fingerprint density at radius 2 is 1.75 bits per heavy atom. The topological polar surface area (TPSA) is 58.4 Å². The second-order valence-electron chi connectivity index (χ2n) is 6.58. The minimum Gasteiger partial charge on any atom is -0.355 e. The van der Waals surface area contributed by atoms with Crippen LogP contribution in [0.25, 0.3) is 0 Å². The van der Waals surface area contributed by atoms with Crippen molar-refractivity contribution in [1.29, 1.82) is 0 Å².